The molecule has 1 aromatic carbocycles. The van der Waals surface area contributed by atoms with E-state index in [2.05, 4.69) is 56.0 Å². The SMILES string of the molecule is CNC1CCCc2c1n(C)c1ccc(C(C)C)cc21. The molecule has 0 fully saturated rings. The number of nitrogens with one attached hydrogen (secondary N) is 1. The molecule has 1 atom stereocenters. The molecule has 2 aromatic rings. The Balaban J connectivity index is 2.26. The second-order valence-electron chi connectivity index (χ2n) is 6.09. The van der Waals surface area contributed by atoms with Crippen LogP contribution in [0.15, 0.2) is 18.2 Å². The fourth-order valence-corrected chi connectivity index (χ4v) is 3.52. The summed E-state index contributed by atoms with van der Waals surface area (Å²) in [5.74, 6) is 0.601. The Kier molecular flexibility index (Phi) is 3.14. The summed E-state index contributed by atoms with van der Waals surface area (Å²) in [6.07, 6.45) is 3.78. The molecule has 102 valence electrons. The van der Waals surface area contributed by atoms with Gasteiger partial charge in [0.15, 0.2) is 0 Å². The van der Waals surface area contributed by atoms with Crippen molar-refractivity contribution in [1.29, 1.82) is 0 Å². The highest BCUT2D eigenvalue weighted by Gasteiger charge is 2.25. The van der Waals surface area contributed by atoms with Crippen LogP contribution in [0.5, 0.6) is 0 Å². The van der Waals surface area contributed by atoms with Crippen molar-refractivity contribution in [2.75, 3.05) is 7.05 Å². The van der Waals surface area contributed by atoms with Crippen LogP contribution in [0.25, 0.3) is 10.9 Å². The van der Waals surface area contributed by atoms with Gasteiger partial charge in [0.05, 0.1) is 0 Å². The topological polar surface area (TPSA) is 17.0 Å². The van der Waals surface area contributed by atoms with Gasteiger partial charge in [-0.2, -0.15) is 0 Å². The average Bonchev–Trinajstić information content (AvgIpc) is 2.72. The standard InChI is InChI=1S/C17H24N2/c1-11(2)12-8-9-16-14(10-12)13-6-5-7-15(18-3)17(13)19(16)4/h8-11,15,18H,5-7H2,1-4H3. The van der Waals surface area contributed by atoms with Crippen molar-refractivity contribution >= 4 is 10.9 Å². The van der Waals surface area contributed by atoms with Gasteiger partial charge in [-0.05, 0) is 55.5 Å². The molecule has 0 amide bonds. The van der Waals surface area contributed by atoms with E-state index in [-0.39, 0.29) is 0 Å². The van der Waals surface area contributed by atoms with Crippen LogP contribution >= 0.6 is 0 Å². The van der Waals surface area contributed by atoms with Crippen LogP contribution in [0.4, 0.5) is 0 Å². The van der Waals surface area contributed by atoms with E-state index in [0.717, 1.165) is 0 Å². The monoisotopic (exact) mass is 256 g/mol. The number of hydrogen-bond donors (Lipinski definition) is 1. The molecule has 1 unspecified atom stereocenters. The minimum atomic E-state index is 0.517. The Hall–Kier alpha value is -1.28. The molecule has 1 heterocycles. The first-order valence-corrected chi connectivity index (χ1v) is 7.41. The third-order valence-electron chi connectivity index (χ3n) is 4.64. The highest BCUT2D eigenvalue weighted by atomic mass is 15.0. The zero-order valence-corrected chi connectivity index (χ0v) is 12.5. The predicted octanol–water partition coefficient (Wildman–Crippen LogP) is 3.90. The Labute approximate surface area is 115 Å². The fraction of sp³-hybridized carbons (Fsp3) is 0.529. The predicted molar refractivity (Wildman–Crippen MR) is 81.7 cm³/mol. The fourth-order valence-electron chi connectivity index (χ4n) is 3.52. The molecule has 0 bridgehead atoms. The van der Waals surface area contributed by atoms with Crippen LogP contribution in [-0.2, 0) is 13.5 Å². The van der Waals surface area contributed by atoms with Gasteiger partial charge in [-0.1, -0.05) is 19.9 Å². The molecule has 1 aliphatic carbocycles. The molecule has 1 aromatic heterocycles. The number of nitrogens with zero attached hydrogens (tertiary/aromatic N) is 1. The minimum absolute atomic E-state index is 0.517. The first kappa shape index (κ1) is 12.7. The molecule has 19 heavy (non-hydrogen) atoms. The van der Waals surface area contributed by atoms with Crippen molar-refractivity contribution in [1.82, 2.24) is 9.88 Å². The second kappa shape index (κ2) is 4.68. The maximum atomic E-state index is 3.48. The minimum Gasteiger partial charge on any atom is -0.346 e. The first-order chi connectivity index (χ1) is 9.13. The molecule has 0 spiro atoms. The van der Waals surface area contributed by atoms with Crippen molar-refractivity contribution in [3.8, 4) is 0 Å². The van der Waals surface area contributed by atoms with Gasteiger partial charge in [-0.3, -0.25) is 0 Å². The van der Waals surface area contributed by atoms with E-state index in [1.807, 2.05) is 0 Å². The van der Waals surface area contributed by atoms with Crippen molar-refractivity contribution in [2.45, 2.75) is 45.1 Å². The highest BCUT2D eigenvalue weighted by Crippen LogP contribution is 2.37. The molecular weight excluding hydrogens is 232 g/mol. The smallest absolute Gasteiger partial charge is 0.0483 e. The van der Waals surface area contributed by atoms with E-state index in [4.69, 9.17) is 0 Å². The molecule has 2 heteroatoms. The van der Waals surface area contributed by atoms with Crippen LogP contribution in [0.3, 0.4) is 0 Å². The number of hydrogen-bond acceptors (Lipinski definition) is 1. The van der Waals surface area contributed by atoms with Gasteiger partial charge in [0.25, 0.3) is 0 Å². The normalized spacial score (nSPS) is 19.1. The van der Waals surface area contributed by atoms with E-state index in [0.29, 0.717) is 12.0 Å². The van der Waals surface area contributed by atoms with Gasteiger partial charge in [0.2, 0.25) is 0 Å². The quantitative estimate of drug-likeness (QED) is 0.862. The number of benzene rings is 1. The maximum absolute atomic E-state index is 3.48. The van der Waals surface area contributed by atoms with Gasteiger partial charge in [-0.25, -0.2) is 0 Å². The van der Waals surface area contributed by atoms with Crippen molar-refractivity contribution in [3.05, 3.63) is 35.0 Å². The Morgan fingerprint density at radius 2 is 2.11 bits per heavy atom. The van der Waals surface area contributed by atoms with Gasteiger partial charge in [-0.15, -0.1) is 0 Å². The zero-order valence-electron chi connectivity index (χ0n) is 12.5. The lowest BCUT2D eigenvalue weighted by molar-refractivity contribution is 0.474. The number of aromatic nitrogens is 1. The van der Waals surface area contributed by atoms with Crippen molar-refractivity contribution in [3.63, 3.8) is 0 Å². The Morgan fingerprint density at radius 3 is 2.79 bits per heavy atom. The summed E-state index contributed by atoms with van der Waals surface area (Å²) in [5, 5.41) is 4.95. The summed E-state index contributed by atoms with van der Waals surface area (Å²) < 4.78 is 2.40. The van der Waals surface area contributed by atoms with Crippen LogP contribution < -0.4 is 5.32 Å². The van der Waals surface area contributed by atoms with E-state index in [1.165, 1.54) is 41.4 Å². The Bertz CT molecular complexity index is 607. The Morgan fingerprint density at radius 1 is 1.32 bits per heavy atom. The summed E-state index contributed by atoms with van der Waals surface area (Å²) in [6, 6.07) is 7.52. The van der Waals surface area contributed by atoms with Crippen LogP contribution in [0, 0.1) is 0 Å². The summed E-state index contributed by atoms with van der Waals surface area (Å²) in [6.45, 7) is 4.54. The molecule has 1 aliphatic rings. The van der Waals surface area contributed by atoms with Gasteiger partial charge in [0, 0.05) is 29.7 Å². The zero-order chi connectivity index (χ0) is 13.6. The molecular formula is C17H24N2. The largest absolute Gasteiger partial charge is 0.346 e. The van der Waals surface area contributed by atoms with Crippen LogP contribution in [0.2, 0.25) is 0 Å². The molecule has 3 rings (SSSR count). The van der Waals surface area contributed by atoms with E-state index < -0.39 is 0 Å². The average molecular weight is 256 g/mol. The summed E-state index contributed by atoms with van der Waals surface area (Å²) in [7, 11) is 4.29. The van der Waals surface area contributed by atoms with Crippen LogP contribution in [0.1, 0.15) is 55.5 Å². The molecule has 0 aliphatic heterocycles. The molecule has 2 nitrogen and oxygen atoms in total. The lowest BCUT2D eigenvalue weighted by atomic mass is 9.90. The lowest BCUT2D eigenvalue weighted by Crippen LogP contribution is -2.23. The van der Waals surface area contributed by atoms with Crippen LogP contribution in [-0.4, -0.2) is 11.6 Å². The summed E-state index contributed by atoms with van der Waals surface area (Å²) in [5.41, 5.74) is 5.92. The van der Waals surface area contributed by atoms with Crippen molar-refractivity contribution < 1.29 is 0 Å². The number of aryl methyl sites for hydroxylation is 2. The van der Waals surface area contributed by atoms with Crippen molar-refractivity contribution in [2.24, 2.45) is 7.05 Å². The first-order valence-electron chi connectivity index (χ1n) is 7.41. The summed E-state index contributed by atoms with van der Waals surface area (Å²) >= 11 is 0. The van der Waals surface area contributed by atoms with Gasteiger partial charge >= 0.3 is 0 Å². The third-order valence-corrected chi connectivity index (χ3v) is 4.64. The molecule has 1 N–H and O–H groups in total. The summed E-state index contributed by atoms with van der Waals surface area (Å²) in [4.78, 5) is 0. The molecule has 0 saturated heterocycles. The van der Waals surface area contributed by atoms with E-state index in [9.17, 15) is 0 Å². The highest BCUT2D eigenvalue weighted by molar-refractivity contribution is 5.86. The third kappa shape index (κ3) is 1.90. The number of fused-ring (bicyclic) bond motifs is 3. The molecule has 0 saturated carbocycles. The molecule has 0 radical (unpaired) electrons. The van der Waals surface area contributed by atoms with Gasteiger partial charge in [0.1, 0.15) is 0 Å². The van der Waals surface area contributed by atoms with E-state index >= 15 is 0 Å². The maximum Gasteiger partial charge on any atom is 0.0483 e. The number of rotatable bonds is 2. The van der Waals surface area contributed by atoms with Gasteiger partial charge < -0.3 is 9.88 Å². The van der Waals surface area contributed by atoms with E-state index in [1.54, 1.807) is 5.56 Å². The lowest BCUT2D eigenvalue weighted by Gasteiger charge is -2.24. The second-order valence-corrected chi connectivity index (χ2v) is 6.09.